The number of ether oxygens (including phenoxy) is 1. The summed E-state index contributed by atoms with van der Waals surface area (Å²) >= 11 is 0. The summed E-state index contributed by atoms with van der Waals surface area (Å²) in [6.45, 7) is 5.81. The van der Waals surface area contributed by atoms with Crippen molar-refractivity contribution in [1.82, 2.24) is 30.0 Å². The zero-order chi connectivity index (χ0) is 27.1. The van der Waals surface area contributed by atoms with Crippen molar-refractivity contribution in [2.75, 3.05) is 26.2 Å². The van der Waals surface area contributed by atoms with Crippen LogP contribution in [-0.4, -0.2) is 56.3 Å². The highest BCUT2D eigenvalue weighted by atomic mass is 19.1. The van der Waals surface area contributed by atoms with Gasteiger partial charge in [-0.3, -0.25) is 20.0 Å². The third-order valence-corrected chi connectivity index (χ3v) is 7.64. The molecule has 0 radical (unpaired) electrons. The number of halogens is 1. The van der Waals surface area contributed by atoms with E-state index in [1.807, 2.05) is 31.3 Å². The molecule has 2 N–H and O–H groups in total. The average Bonchev–Trinajstić information content (AvgIpc) is 3.71. The summed E-state index contributed by atoms with van der Waals surface area (Å²) in [5.41, 5.74) is 8.01. The number of H-pyrrole nitrogens is 2. The molecule has 0 aliphatic carbocycles. The van der Waals surface area contributed by atoms with Crippen molar-refractivity contribution < 1.29 is 9.13 Å². The first-order chi connectivity index (χ1) is 19.6. The van der Waals surface area contributed by atoms with Gasteiger partial charge in [0.05, 0.1) is 29.1 Å². The van der Waals surface area contributed by atoms with Gasteiger partial charge in [-0.15, -0.1) is 0 Å². The predicted molar refractivity (Wildman–Crippen MR) is 156 cm³/mol. The molecule has 6 aromatic rings. The maximum Gasteiger partial charge on any atom is 0.138 e. The molecular weight excluding hydrogens is 503 g/mol. The van der Waals surface area contributed by atoms with Gasteiger partial charge in [0.15, 0.2) is 0 Å². The van der Waals surface area contributed by atoms with Crippen molar-refractivity contribution >= 4 is 21.8 Å². The Bertz CT molecular complexity index is 1810. The standard InChI is InChI=1S/C32H29FN6O/c1-20-10-22(12-24(33)11-20)28-18-35-19-31-26(28)15-30(36-31)32-27-14-21(4-5-29(27)37-38-32)23-13-25(17-34-16-23)40-9-8-39-6-2-3-7-39/h4-5,10-19,36H,2-3,6-9H2,1H3,(H,37,38). The van der Waals surface area contributed by atoms with Crippen LogP contribution in [0.15, 0.2) is 73.3 Å². The van der Waals surface area contributed by atoms with Gasteiger partial charge in [0.25, 0.3) is 0 Å². The lowest BCUT2D eigenvalue weighted by atomic mass is 10.0. The molecule has 5 heterocycles. The summed E-state index contributed by atoms with van der Waals surface area (Å²) < 4.78 is 20.2. The number of hydrogen-bond acceptors (Lipinski definition) is 5. The fraction of sp³-hybridized carbons (Fsp3) is 0.219. The Morgan fingerprint density at radius 2 is 1.73 bits per heavy atom. The molecule has 1 saturated heterocycles. The van der Waals surface area contributed by atoms with Crippen molar-refractivity contribution in [3.05, 3.63) is 84.7 Å². The Hall–Kier alpha value is -4.56. The van der Waals surface area contributed by atoms with Gasteiger partial charge in [-0.25, -0.2) is 4.39 Å². The monoisotopic (exact) mass is 532 g/mol. The van der Waals surface area contributed by atoms with Crippen molar-refractivity contribution in [2.45, 2.75) is 19.8 Å². The van der Waals surface area contributed by atoms with Crippen LogP contribution in [0.4, 0.5) is 4.39 Å². The van der Waals surface area contributed by atoms with E-state index < -0.39 is 0 Å². The minimum atomic E-state index is -0.260. The minimum Gasteiger partial charge on any atom is -0.491 e. The first kappa shape index (κ1) is 24.5. The second-order valence-corrected chi connectivity index (χ2v) is 10.5. The van der Waals surface area contributed by atoms with Crippen LogP contribution in [0, 0.1) is 12.7 Å². The summed E-state index contributed by atoms with van der Waals surface area (Å²) in [5.74, 6) is 0.511. The minimum absolute atomic E-state index is 0.260. The molecule has 1 fully saturated rings. The van der Waals surface area contributed by atoms with Crippen molar-refractivity contribution in [3.63, 3.8) is 0 Å². The SMILES string of the molecule is Cc1cc(F)cc(-c2cncc3[nH]c(-c4n[nH]c5ccc(-c6cncc(OCCN7CCCC7)c6)cc45)cc23)c1. The molecule has 0 amide bonds. The number of fused-ring (bicyclic) bond motifs is 2. The zero-order valence-corrected chi connectivity index (χ0v) is 22.2. The Morgan fingerprint density at radius 1 is 0.850 bits per heavy atom. The molecule has 40 heavy (non-hydrogen) atoms. The van der Waals surface area contributed by atoms with Crippen LogP contribution in [0.5, 0.6) is 5.75 Å². The van der Waals surface area contributed by atoms with E-state index >= 15 is 0 Å². The van der Waals surface area contributed by atoms with Gasteiger partial charge in [0.1, 0.15) is 23.9 Å². The summed E-state index contributed by atoms with van der Waals surface area (Å²) in [4.78, 5) is 14.8. The zero-order valence-electron chi connectivity index (χ0n) is 22.2. The smallest absolute Gasteiger partial charge is 0.138 e. The van der Waals surface area contributed by atoms with Crippen molar-refractivity contribution in [2.24, 2.45) is 0 Å². The number of aromatic amines is 2. The molecule has 200 valence electrons. The van der Waals surface area contributed by atoms with Crippen LogP contribution < -0.4 is 4.74 Å². The average molecular weight is 533 g/mol. The summed E-state index contributed by atoms with van der Waals surface area (Å²) in [6, 6.07) is 15.4. The predicted octanol–water partition coefficient (Wildman–Crippen LogP) is 6.76. The van der Waals surface area contributed by atoms with E-state index in [1.54, 1.807) is 24.7 Å². The summed E-state index contributed by atoms with van der Waals surface area (Å²) in [7, 11) is 0. The second-order valence-electron chi connectivity index (χ2n) is 10.5. The van der Waals surface area contributed by atoms with Crippen LogP contribution >= 0.6 is 0 Å². The van der Waals surface area contributed by atoms with E-state index in [4.69, 9.17) is 4.74 Å². The number of nitrogens with zero attached hydrogens (tertiary/aromatic N) is 4. The number of likely N-dealkylation sites (tertiary alicyclic amines) is 1. The van der Waals surface area contributed by atoms with Gasteiger partial charge >= 0.3 is 0 Å². The molecule has 4 aromatic heterocycles. The maximum absolute atomic E-state index is 14.2. The Balaban J connectivity index is 1.21. The molecule has 0 spiro atoms. The van der Waals surface area contributed by atoms with Crippen molar-refractivity contribution in [1.29, 1.82) is 0 Å². The van der Waals surface area contributed by atoms with Crippen molar-refractivity contribution in [3.8, 4) is 39.4 Å². The second kappa shape index (κ2) is 10.2. The number of rotatable bonds is 7. The van der Waals surface area contributed by atoms with Gasteiger partial charge < -0.3 is 9.72 Å². The molecule has 2 aromatic carbocycles. The van der Waals surface area contributed by atoms with Gasteiger partial charge in [0, 0.05) is 40.8 Å². The highest BCUT2D eigenvalue weighted by Gasteiger charge is 2.16. The van der Waals surface area contributed by atoms with Crippen LogP contribution in [0.1, 0.15) is 18.4 Å². The Kier molecular flexibility index (Phi) is 6.24. The number of aryl methyl sites for hydroxylation is 1. The fourth-order valence-electron chi connectivity index (χ4n) is 5.65. The van der Waals surface area contributed by atoms with Crippen LogP contribution in [0.25, 0.3) is 55.4 Å². The van der Waals surface area contributed by atoms with E-state index in [0.717, 1.165) is 86.4 Å². The lowest BCUT2D eigenvalue weighted by Crippen LogP contribution is -2.25. The number of hydrogen-bond donors (Lipinski definition) is 2. The topological polar surface area (TPSA) is 82.7 Å². The number of aromatic nitrogens is 5. The third-order valence-electron chi connectivity index (χ3n) is 7.64. The largest absolute Gasteiger partial charge is 0.491 e. The van der Waals surface area contributed by atoms with Crippen LogP contribution in [0.3, 0.4) is 0 Å². The Morgan fingerprint density at radius 3 is 2.60 bits per heavy atom. The first-order valence-corrected chi connectivity index (χ1v) is 13.6. The van der Waals surface area contributed by atoms with E-state index in [1.165, 1.54) is 18.9 Å². The molecule has 7 rings (SSSR count). The first-order valence-electron chi connectivity index (χ1n) is 13.6. The van der Waals surface area contributed by atoms with Gasteiger partial charge in [0.2, 0.25) is 0 Å². The summed E-state index contributed by atoms with van der Waals surface area (Å²) in [6.07, 6.45) is 9.75. The van der Waals surface area contributed by atoms with Crippen LogP contribution in [0.2, 0.25) is 0 Å². The lowest BCUT2D eigenvalue weighted by molar-refractivity contribution is 0.237. The molecule has 8 heteroatoms. The highest BCUT2D eigenvalue weighted by Crippen LogP contribution is 2.35. The molecule has 0 atom stereocenters. The van der Waals surface area contributed by atoms with Crippen LogP contribution in [-0.2, 0) is 0 Å². The number of pyridine rings is 2. The molecule has 0 saturated carbocycles. The Labute approximate surface area is 231 Å². The van der Waals surface area contributed by atoms with E-state index in [-0.39, 0.29) is 5.82 Å². The molecule has 0 unspecified atom stereocenters. The number of nitrogens with one attached hydrogen (secondary N) is 2. The molecular formula is C32H29FN6O. The number of benzene rings is 2. The quantitative estimate of drug-likeness (QED) is 0.237. The summed E-state index contributed by atoms with van der Waals surface area (Å²) in [5, 5.41) is 9.75. The normalized spacial score (nSPS) is 13.9. The van der Waals surface area contributed by atoms with Gasteiger partial charge in [-0.1, -0.05) is 12.1 Å². The van der Waals surface area contributed by atoms with E-state index in [0.29, 0.717) is 6.61 Å². The molecule has 0 bridgehead atoms. The molecule has 7 nitrogen and oxygen atoms in total. The molecule has 1 aliphatic rings. The third kappa shape index (κ3) is 4.71. The van der Waals surface area contributed by atoms with Gasteiger partial charge in [-0.05, 0) is 85.9 Å². The highest BCUT2D eigenvalue weighted by molar-refractivity contribution is 6.01. The van der Waals surface area contributed by atoms with E-state index in [2.05, 4.69) is 48.2 Å². The van der Waals surface area contributed by atoms with E-state index in [9.17, 15) is 4.39 Å². The fourth-order valence-corrected chi connectivity index (χ4v) is 5.65. The lowest BCUT2D eigenvalue weighted by Gasteiger charge is -2.15. The molecule has 1 aliphatic heterocycles. The maximum atomic E-state index is 14.2. The van der Waals surface area contributed by atoms with Gasteiger partial charge in [-0.2, -0.15) is 5.10 Å².